The van der Waals surface area contributed by atoms with Crippen LogP contribution in [0, 0.1) is 87.8 Å². The average molecular weight is 1270 g/mol. The molecule has 0 aliphatic rings. The van der Waals surface area contributed by atoms with Crippen LogP contribution < -0.4 is 0 Å². The summed E-state index contributed by atoms with van der Waals surface area (Å²) in [6.45, 7) is 88.3. The third-order valence-electron chi connectivity index (χ3n) is 12.6. The molecule has 1 atom stereocenters. The molecule has 0 spiro atoms. The normalized spacial score (nSPS) is 11.0. The second kappa shape index (κ2) is 89.0. The van der Waals surface area contributed by atoms with Gasteiger partial charge < -0.3 is 19.8 Å². The smallest absolute Gasteiger partial charge is 0.147 e. The lowest BCUT2D eigenvalue weighted by atomic mass is 9.79. The van der Waals surface area contributed by atoms with E-state index < -0.39 is 15.9 Å². The van der Waals surface area contributed by atoms with Gasteiger partial charge in [-0.15, -0.1) is 0 Å². The molecule has 2 N–H and O–H groups in total. The maximum Gasteiger partial charge on any atom is 0.147 e. The number of hydrogen-bond donors (Lipinski definition) is 2. The molecule has 0 unspecified atom stereocenters. The van der Waals surface area contributed by atoms with Crippen LogP contribution in [0.2, 0.25) is 0 Å². The molecule has 0 bridgehead atoms. The van der Waals surface area contributed by atoms with Gasteiger partial charge in [0.1, 0.15) is 9.84 Å². The highest BCUT2D eigenvalue weighted by molar-refractivity contribution is 7.90. The maximum atomic E-state index is 10.5. The number of hydrogen-bond acceptors (Lipinski definition) is 6. The minimum absolute atomic E-state index is 0. The van der Waals surface area contributed by atoms with Crippen molar-refractivity contribution in [2.75, 3.05) is 53.0 Å². The fourth-order valence-electron chi connectivity index (χ4n) is 4.73. The van der Waals surface area contributed by atoms with Crippen LogP contribution in [-0.4, -0.2) is 82.6 Å². The Balaban J connectivity index is -0.0000000490. The molecular weight excluding hydrogens is 1070 g/mol. The summed E-state index contributed by atoms with van der Waals surface area (Å²) in [7, 11) is 3.25. The van der Waals surface area contributed by atoms with E-state index in [4.69, 9.17) is 14.9 Å². The van der Waals surface area contributed by atoms with Crippen LogP contribution in [0.5, 0.6) is 0 Å². The van der Waals surface area contributed by atoms with Gasteiger partial charge in [0.25, 0.3) is 0 Å². The predicted octanol–water partition coefficient (Wildman–Crippen LogP) is 26.9. The van der Waals surface area contributed by atoms with Crippen molar-refractivity contribution in [3.05, 3.63) is 0 Å². The van der Waals surface area contributed by atoms with Gasteiger partial charge in [-0.05, 0) is 141 Å². The van der Waals surface area contributed by atoms with Gasteiger partial charge >= 0.3 is 0 Å². The number of rotatable bonds is 23. The second-order valence-corrected chi connectivity index (χ2v) is 33.7. The fraction of sp³-hybridized carbons (Fsp3) is 1.00. The minimum atomic E-state index is -2.72. The molecule has 0 saturated carbocycles. The summed E-state index contributed by atoms with van der Waals surface area (Å²) < 4.78 is 25.9. The van der Waals surface area contributed by atoms with Crippen LogP contribution >= 0.6 is 0 Å². The summed E-state index contributed by atoms with van der Waals surface area (Å²) in [5.41, 5.74) is 1.06. The number of sulfone groups is 1. The van der Waals surface area contributed by atoms with Crippen molar-refractivity contribution < 1.29 is 23.4 Å². The molecule has 0 aromatic rings. The van der Waals surface area contributed by atoms with Crippen LogP contribution in [-0.2, 0) is 14.6 Å². The Hall–Kier alpha value is -0.210. The van der Waals surface area contributed by atoms with Gasteiger partial charge in [-0.1, -0.05) is 343 Å². The molecule has 0 rings (SSSR count). The Bertz CT molecular complexity index is 1110. The summed E-state index contributed by atoms with van der Waals surface area (Å²) in [6, 6.07) is 0. The number of methoxy groups -OCH3 is 1. The van der Waals surface area contributed by atoms with E-state index in [0.717, 1.165) is 78.1 Å². The zero-order valence-corrected chi connectivity index (χ0v) is 68.6. The van der Waals surface area contributed by atoms with Crippen molar-refractivity contribution in [3.63, 3.8) is 0 Å². The molecule has 546 valence electrons. The summed E-state index contributed by atoms with van der Waals surface area (Å²) in [5, 5.41) is 17.1. The lowest BCUT2D eigenvalue weighted by Crippen LogP contribution is -2.17. The summed E-state index contributed by atoms with van der Waals surface area (Å²) >= 11 is 0. The van der Waals surface area contributed by atoms with E-state index in [1.54, 1.807) is 7.11 Å². The average Bonchev–Trinajstić information content (AvgIpc) is 3.32. The zero-order chi connectivity index (χ0) is 70.6. The highest BCUT2D eigenvalue weighted by atomic mass is 32.2. The standard InChI is InChI=1S/2C8H18.C7H17N.C6H14O2S.C6H14O2.C6H14O.2C6H14.4C5H12.C4H10.2CH4/c1-7(2)6-8(3,4)5;1-6-8(4,5)7(2)3;1-7(2)5-6-8(3)4;1-6(2)4-5-9(3,7)8;1-5(2)3-6(8)4-7;1-6(2)4-5-7-3;2*1-4-5-6(2)3;4*1-4-5(2)3;1-4(2)3;;/h2*7H,6H2,1-5H3;7H,5-6H2,1-4H3;6H,4-5H2,1-3H3;5-8H,3-4H2,1-2H3;6H,4-5H2,1-3H3;2*6H,4-5H2,1-3H3;4*5H,4H2,1-3H3;4H,1-3H3;2*1H4/t;;;;6-;;;;;;;;;;/m....1........../s1. The second-order valence-electron chi connectivity index (χ2n) is 31.4. The van der Waals surface area contributed by atoms with Crippen LogP contribution in [0.25, 0.3) is 0 Å². The van der Waals surface area contributed by atoms with Gasteiger partial charge in [0, 0.05) is 20.0 Å². The van der Waals surface area contributed by atoms with Crippen molar-refractivity contribution in [2.24, 2.45) is 87.8 Å². The molecular formula is C79H189NO5S. The molecule has 0 aromatic heterocycles. The highest BCUT2D eigenvalue weighted by Gasteiger charge is 2.18. The molecule has 0 aromatic carbocycles. The van der Waals surface area contributed by atoms with Crippen molar-refractivity contribution in [3.8, 4) is 0 Å². The number of ether oxygens (including phenoxy) is 1. The predicted molar refractivity (Wildman–Crippen MR) is 413 cm³/mol. The molecule has 86 heavy (non-hydrogen) atoms. The van der Waals surface area contributed by atoms with Gasteiger partial charge in [-0.2, -0.15) is 0 Å². The first kappa shape index (κ1) is 123. The number of nitrogens with zero attached hydrogens (tertiary/aromatic N) is 1. The summed E-state index contributed by atoms with van der Waals surface area (Å²) in [4.78, 5) is 2.22. The SMILES string of the molecule is C.C.CC(C)C.CC(C)CC(C)(C)C.CC(C)CCN(C)C.CC(C)CCS(C)(=O)=O.CC(C)C[C@@H](O)CO.CCC(C)(C)C(C)C.CCC(C)C.CCC(C)C.CCC(C)C.CCC(C)C.CCCC(C)C.CCCC(C)C.COCCC(C)C. The Morgan fingerprint density at radius 2 is 0.709 bits per heavy atom. The van der Waals surface area contributed by atoms with Crippen molar-refractivity contribution in [2.45, 2.75) is 381 Å². The molecule has 0 heterocycles. The third kappa shape index (κ3) is 241. The summed E-state index contributed by atoms with van der Waals surface area (Å²) in [6.07, 6.45) is 18.0. The number of aliphatic hydroxyl groups excluding tert-OH is 2. The topological polar surface area (TPSA) is 87.1 Å². The lowest BCUT2D eigenvalue weighted by molar-refractivity contribution is 0.0782. The lowest BCUT2D eigenvalue weighted by Gasteiger charge is -2.27. The zero-order valence-electron chi connectivity index (χ0n) is 67.8. The molecule has 6 nitrogen and oxygen atoms in total. The van der Waals surface area contributed by atoms with Crippen LogP contribution in [0.15, 0.2) is 0 Å². The van der Waals surface area contributed by atoms with E-state index in [9.17, 15) is 8.42 Å². The van der Waals surface area contributed by atoms with Crippen molar-refractivity contribution in [1.29, 1.82) is 0 Å². The first-order valence-electron chi connectivity index (χ1n) is 35.4. The van der Waals surface area contributed by atoms with Gasteiger partial charge in [-0.25, -0.2) is 8.42 Å². The van der Waals surface area contributed by atoms with E-state index in [1.807, 2.05) is 27.7 Å². The number of aliphatic hydroxyl groups is 2. The maximum absolute atomic E-state index is 10.5. The monoisotopic (exact) mass is 1260 g/mol. The first-order valence-corrected chi connectivity index (χ1v) is 37.4. The molecule has 0 aliphatic heterocycles. The first-order chi connectivity index (χ1) is 37.7. The molecule has 0 radical (unpaired) electrons. The largest absolute Gasteiger partial charge is 0.394 e. The van der Waals surface area contributed by atoms with E-state index >= 15 is 0 Å². The summed E-state index contributed by atoms with van der Waals surface area (Å²) in [5.74, 6) is 10.7. The Kier molecular flexibility index (Phi) is 127. The molecule has 0 saturated heterocycles. The van der Waals surface area contributed by atoms with Gasteiger partial charge in [0.05, 0.1) is 18.5 Å². The Morgan fingerprint density at radius 3 is 0.756 bits per heavy atom. The molecule has 0 amide bonds. The van der Waals surface area contributed by atoms with Gasteiger partial charge in [0.15, 0.2) is 0 Å². The van der Waals surface area contributed by atoms with Gasteiger partial charge in [-0.3, -0.25) is 0 Å². The van der Waals surface area contributed by atoms with E-state index in [0.29, 0.717) is 34.8 Å². The Morgan fingerprint density at radius 1 is 0.442 bits per heavy atom. The van der Waals surface area contributed by atoms with Crippen molar-refractivity contribution in [1.82, 2.24) is 4.90 Å². The molecule has 0 aliphatic carbocycles. The highest BCUT2D eigenvalue weighted by Crippen LogP contribution is 2.29. The van der Waals surface area contributed by atoms with E-state index in [2.05, 4.69) is 261 Å². The molecule has 0 fully saturated rings. The van der Waals surface area contributed by atoms with Crippen molar-refractivity contribution >= 4 is 9.84 Å². The quantitative estimate of drug-likeness (QED) is 0.106. The van der Waals surface area contributed by atoms with Crippen LogP contribution in [0.1, 0.15) is 375 Å². The Labute approximate surface area is 556 Å². The van der Waals surface area contributed by atoms with E-state index in [1.165, 1.54) is 89.9 Å². The van der Waals surface area contributed by atoms with E-state index in [-0.39, 0.29) is 21.5 Å². The van der Waals surface area contributed by atoms with Gasteiger partial charge in [0.2, 0.25) is 0 Å². The van der Waals surface area contributed by atoms with Crippen LogP contribution in [0.3, 0.4) is 0 Å². The molecule has 7 heteroatoms. The fourth-order valence-corrected chi connectivity index (χ4v) is 5.63. The third-order valence-corrected chi connectivity index (χ3v) is 13.5. The van der Waals surface area contributed by atoms with Crippen LogP contribution in [0.4, 0.5) is 0 Å². The minimum Gasteiger partial charge on any atom is -0.394 e.